The molecule has 0 atom stereocenters. The summed E-state index contributed by atoms with van der Waals surface area (Å²) in [6.45, 7) is 13.8. The third-order valence-corrected chi connectivity index (χ3v) is 9.65. The van der Waals surface area contributed by atoms with Gasteiger partial charge in [-0.2, -0.15) is 0 Å². The standard InChI is InChI=1S/C14H26OSi/c1-11(2)16(12(3)4,13(5)6)15-10-9-14-7-8-14/h11-14H,7-8H2,1-6H3. The topological polar surface area (TPSA) is 9.23 Å². The van der Waals surface area contributed by atoms with Gasteiger partial charge in [0.15, 0.2) is 0 Å². The van der Waals surface area contributed by atoms with Gasteiger partial charge in [-0.15, -0.1) is 0 Å². The molecule has 0 saturated heterocycles. The maximum atomic E-state index is 6.14. The van der Waals surface area contributed by atoms with E-state index in [1.165, 1.54) is 12.8 Å². The Labute approximate surface area is 102 Å². The lowest BCUT2D eigenvalue weighted by molar-refractivity contribution is 0.446. The van der Waals surface area contributed by atoms with E-state index in [-0.39, 0.29) is 0 Å². The zero-order valence-electron chi connectivity index (χ0n) is 11.6. The fourth-order valence-electron chi connectivity index (χ4n) is 2.78. The number of hydrogen-bond acceptors (Lipinski definition) is 1. The first kappa shape index (κ1) is 13.6. The lowest BCUT2D eigenvalue weighted by Crippen LogP contribution is -2.46. The largest absolute Gasteiger partial charge is 0.500 e. The van der Waals surface area contributed by atoms with Crippen LogP contribution in [0.2, 0.25) is 16.6 Å². The van der Waals surface area contributed by atoms with Gasteiger partial charge in [-0.3, -0.25) is 0 Å². The average Bonchev–Trinajstić information content (AvgIpc) is 2.93. The normalized spacial score (nSPS) is 16.6. The molecule has 1 nitrogen and oxygen atoms in total. The summed E-state index contributed by atoms with van der Waals surface area (Å²) >= 11 is 0. The molecule has 0 spiro atoms. The van der Waals surface area contributed by atoms with Gasteiger partial charge in [-0.05, 0) is 29.5 Å². The predicted molar refractivity (Wildman–Crippen MR) is 72.6 cm³/mol. The van der Waals surface area contributed by atoms with E-state index in [1.54, 1.807) is 0 Å². The minimum absolute atomic E-state index is 0.626. The average molecular weight is 238 g/mol. The molecule has 92 valence electrons. The van der Waals surface area contributed by atoms with Crippen molar-refractivity contribution in [3.05, 3.63) is 0 Å². The minimum Gasteiger partial charge on any atom is -0.500 e. The Morgan fingerprint density at radius 3 is 1.69 bits per heavy atom. The molecule has 0 N–H and O–H groups in total. The first-order valence-corrected chi connectivity index (χ1v) is 8.73. The second-order valence-corrected chi connectivity index (χ2v) is 11.3. The van der Waals surface area contributed by atoms with Crippen molar-refractivity contribution >= 4 is 8.32 Å². The summed E-state index contributed by atoms with van der Waals surface area (Å²) < 4.78 is 6.14. The van der Waals surface area contributed by atoms with Gasteiger partial charge in [-0.25, -0.2) is 0 Å². The van der Waals surface area contributed by atoms with Gasteiger partial charge in [0, 0.05) is 5.92 Å². The van der Waals surface area contributed by atoms with Crippen molar-refractivity contribution in [3.63, 3.8) is 0 Å². The van der Waals surface area contributed by atoms with E-state index in [1.807, 2.05) is 0 Å². The van der Waals surface area contributed by atoms with Crippen LogP contribution in [0.3, 0.4) is 0 Å². The summed E-state index contributed by atoms with van der Waals surface area (Å²) in [6, 6.07) is 0. The summed E-state index contributed by atoms with van der Waals surface area (Å²) in [5.74, 6) is 3.88. The van der Waals surface area contributed by atoms with Crippen molar-refractivity contribution in [1.82, 2.24) is 0 Å². The van der Waals surface area contributed by atoms with Crippen molar-refractivity contribution in [3.8, 4) is 12.0 Å². The quantitative estimate of drug-likeness (QED) is 0.516. The summed E-state index contributed by atoms with van der Waals surface area (Å²) in [4.78, 5) is 0. The molecule has 0 amide bonds. The van der Waals surface area contributed by atoms with E-state index in [2.05, 4.69) is 53.6 Å². The highest BCUT2D eigenvalue weighted by Crippen LogP contribution is 2.42. The molecule has 16 heavy (non-hydrogen) atoms. The summed E-state index contributed by atoms with van der Waals surface area (Å²) in [6.07, 6.45) is 5.59. The molecule has 2 heteroatoms. The van der Waals surface area contributed by atoms with Crippen molar-refractivity contribution in [1.29, 1.82) is 0 Å². The Balaban J connectivity index is 2.79. The second kappa shape index (κ2) is 5.27. The van der Waals surface area contributed by atoms with Crippen LogP contribution in [0.25, 0.3) is 0 Å². The van der Waals surface area contributed by atoms with Gasteiger partial charge in [0.2, 0.25) is 0 Å². The Morgan fingerprint density at radius 1 is 0.938 bits per heavy atom. The van der Waals surface area contributed by atoms with Crippen molar-refractivity contribution < 1.29 is 4.43 Å². The zero-order valence-corrected chi connectivity index (χ0v) is 12.6. The minimum atomic E-state index is -1.74. The maximum Gasteiger partial charge on any atom is 0.272 e. The van der Waals surface area contributed by atoms with Crippen LogP contribution in [0.5, 0.6) is 0 Å². The smallest absolute Gasteiger partial charge is 0.272 e. The second-order valence-electron chi connectivity index (χ2n) is 5.94. The molecule has 0 aromatic rings. The lowest BCUT2D eigenvalue weighted by atomic mass is 10.5. The van der Waals surface area contributed by atoms with E-state index in [0.717, 1.165) is 0 Å². The van der Waals surface area contributed by atoms with Crippen LogP contribution in [0.4, 0.5) is 0 Å². The van der Waals surface area contributed by atoms with Crippen molar-refractivity contribution in [2.75, 3.05) is 0 Å². The Hall–Kier alpha value is -0.423. The highest BCUT2D eigenvalue weighted by Gasteiger charge is 2.46. The Kier molecular flexibility index (Phi) is 4.49. The van der Waals surface area contributed by atoms with Crippen LogP contribution in [0.1, 0.15) is 54.4 Å². The highest BCUT2D eigenvalue weighted by atomic mass is 28.4. The van der Waals surface area contributed by atoms with Gasteiger partial charge >= 0.3 is 0 Å². The van der Waals surface area contributed by atoms with E-state index >= 15 is 0 Å². The summed E-state index contributed by atoms with van der Waals surface area (Å²) in [5, 5.41) is 0. The molecule has 1 aliphatic rings. The van der Waals surface area contributed by atoms with Gasteiger partial charge in [0.25, 0.3) is 8.32 Å². The van der Waals surface area contributed by atoms with Gasteiger partial charge in [0.05, 0.1) is 6.11 Å². The number of hydrogen-bond donors (Lipinski definition) is 0. The monoisotopic (exact) mass is 238 g/mol. The molecule has 0 bridgehead atoms. The molecule has 0 radical (unpaired) electrons. The van der Waals surface area contributed by atoms with Crippen molar-refractivity contribution in [2.45, 2.75) is 71.0 Å². The SMILES string of the molecule is CC(C)[Si](OC#CC1CC1)(C(C)C)C(C)C. The lowest BCUT2D eigenvalue weighted by Gasteiger charge is -2.39. The first-order valence-electron chi connectivity index (χ1n) is 6.59. The Bertz CT molecular complexity index is 257. The van der Waals surface area contributed by atoms with Crippen LogP contribution in [0, 0.1) is 17.9 Å². The zero-order chi connectivity index (χ0) is 12.3. The molecule has 1 fully saturated rings. The van der Waals surface area contributed by atoms with E-state index < -0.39 is 8.32 Å². The summed E-state index contributed by atoms with van der Waals surface area (Å²) in [5.41, 5.74) is 1.88. The molecule has 1 saturated carbocycles. The van der Waals surface area contributed by atoms with E-state index in [4.69, 9.17) is 4.43 Å². The van der Waals surface area contributed by atoms with Crippen LogP contribution >= 0.6 is 0 Å². The van der Waals surface area contributed by atoms with Crippen LogP contribution < -0.4 is 0 Å². The van der Waals surface area contributed by atoms with Crippen molar-refractivity contribution in [2.24, 2.45) is 5.92 Å². The van der Waals surface area contributed by atoms with E-state index in [9.17, 15) is 0 Å². The predicted octanol–water partition coefficient (Wildman–Crippen LogP) is 4.55. The fraction of sp³-hybridized carbons (Fsp3) is 0.857. The van der Waals surface area contributed by atoms with Gasteiger partial charge in [-0.1, -0.05) is 47.5 Å². The van der Waals surface area contributed by atoms with Crippen LogP contribution in [0.15, 0.2) is 0 Å². The third kappa shape index (κ3) is 2.82. The molecule has 0 aromatic carbocycles. The maximum absolute atomic E-state index is 6.14. The third-order valence-electron chi connectivity index (χ3n) is 3.78. The van der Waals surface area contributed by atoms with Crippen LogP contribution in [-0.2, 0) is 4.43 Å². The molecule has 1 rings (SSSR count). The number of rotatable bonds is 4. The molecular weight excluding hydrogens is 212 g/mol. The van der Waals surface area contributed by atoms with E-state index in [0.29, 0.717) is 22.5 Å². The molecule has 0 heterocycles. The first-order chi connectivity index (χ1) is 7.41. The fourth-order valence-corrected chi connectivity index (χ4v) is 7.73. The molecule has 0 aromatic heterocycles. The molecule has 1 aliphatic carbocycles. The highest BCUT2D eigenvalue weighted by molar-refractivity contribution is 6.77. The molecule has 0 unspecified atom stereocenters. The van der Waals surface area contributed by atoms with Gasteiger partial charge in [0.1, 0.15) is 0 Å². The Morgan fingerprint density at radius 2 is 1.38 bits per heavy atom. The van der Waals surface area contributed by atoms with Gasteiger partial charge < -0.3 is 4.43 Å². The summed E-state index contributed by atoms with van der Waals surface area (Å²) in [7, 11) is -1.74. The molecular formula is C14H26OSi. The molecule has 0 aliphatic heterocycles. The van der Waals surface area contributed by atoms with Crippen LogP contribution in [-0.4, -0.2) is 8.32 Å².